The summed E-state index contributed by atoms with van der Waals surface area (Å²) in [6.07, 6.45) is -2.51. The molecule has 0 aromatic heterocycles. The van der Waals surface area contributed by atoms with Crippen molar-refractivity contribution < 1.29 is 23.1 Å². The Labute approximate surface area is 108 Å². The van der Waals surface area contributed by atoms with Crippen molar-refractivity contribution >= 4 is 11.7 Å². The molecule has 0 aliphatic heterocycles. The third-order valence-electron chi connectivity index (χ3n) is 3.38. The maximum Gasteiger partial charge on any atom is 0.417 e. The molecule has 0 bridgehead atoms. The van der Waals surface area contributed by atoms with E-state index in [0.717, 1.165) is 25.0 Å². The van der Waals surface area contributed by atoms with Crippen LogP contribution in [0.2, 0.25) is 0 Å². The molecule has 0 radical (unpaired) electrons. The van der Waals surface area contributed by atoms with E-state index in [4.69, 9.17) is 5.11 Å². The molecular formula is C13H14F3NO2. The molecule has 1 aliphatic carbocycles. The van der Waals surface area contributed by atoms with Crippen LogP contribution in [0.25, 0.3) is 0 Å². The number of aromatic carboxylic acids is 1. The van der Waals surface area contributed by atoms with Crippen LogP contribution in [0.5, 0.6) is 0 Å². The van der Waals surface area contributed by atoms with Crippen molar-refractivity contribution in [1.29, 1.82) is 0 Å². The number of halogens is 3. The summed E-state index contributed by atoms with van der Waals surface area (Å²) in [6.45, 7) is 2.71. The Bertz CT molecular complexity index is 507. The van der Waals surface area contributed by atoms with Crippen molar-refractivity contribution in [2.24, 2.45) is 5.41 Å². The van der Waals surface area contributed by atoms with Gasteiger partial charge in [0.1, 0.15) is 0 Å². The highest BCUT2D eigenvalue weighted by Gasteiger charge is 2.37. The molecule has 2 rings (SSSR count). The lowest BCUT2D eigenvalue weighted by Crippen LogP contribution is -2.15. The molecule has 1 aromatic rings. The van der Waals surface area contributed by atoms with Crippen LogP contribution in [0.4, 0.5) is 18.9 Å². The van der Waals surface area contributed by atoms with E-state index in [0.29, 0.717) is 12.2 Å². The maximum atomic E-state index is 12.6. The minimum Gasteiger partial charge on any atom is -0.478 e. The lowest BCUT2D eigenvalue weighted by Gasteiger charge is -2.14. The molecule has 0 heterocycles. The summed E-state index contributed by atoms with van der Waals surface area (Å²) in [5.74, 6) is -1.58. The van der Waals surface area contributed by atoms with Gasteiger partial charge in [0.2, 0.25) is 0 Å². The molecule has 0 spiro atoms. The SMILES string of the molecule is CC1(CNc2ccc(C(F)(F)F)c(C(=O)O)c2)CC1. The topological polar surface area (TPSA) is 49.3 Å². The van der Waals surface area contributed by atoms with E-state index in [1.807, 2.05) is 0 Å². The third kappa shape index (κ3) is 3.19. The highest BCUT2D eigenvalue weighted by molar-refractivity contribution is 5.91. The monoisotopic (exact) mass is 273 g/mol. The Morgan fingerprint density at radius 2 is 2.05 bits per heavy atom. The summed E-state index contributed by atoms with van der Waals surface area (Å²) in [4.78, 5) is 10.9. The fourth-order valence-electron chi connectivity index (χ4n) is 1.78. The van der Waals surface area contributed by atoms with Crippen LogP contribution in [-0.4, -0.2) is 17.6 Å². The first kappa shape index (κ1) is 13.7. The van der Waals surface area contributed by atoms with Gasteiger partial charge >= 0.3 is 12.1 Å². The van der Waals surface area contributed by atoms with Gasteiger partial charge in [0.25, 0.3) is 0 Å². The fraction of sp³-hybridized carbons (Fsp3) is 0.462. The highest BCUT2D eigenvalue weighted by Crippen LogP contribution is 2.44. The Balaban J connectivity index is 2.23. The van der Waals surface area contributed by atoms with Crippen LogP contribution in [-0.2, 0) is 6.18 Å². The van der Waals surface area contributed by atoms with E-state index < -0.39 is 23.3 Å². The maximum absolute atomic E-state index is 12.6. The quantitative estimate of drug-likeness (QED) is 0.881. The van der Waals surface area contributed by atoms with Crippen LogP contribution in [0.15, 0.2) is 18.2 Å². The van der Waals surface area contributed by atoms with Gasteiger partial charge in [-0.15, -0.1) is 0 Å². The summed E-state index contributed by atoms with van der Waals surface area (Å²) in [7, 11) is 0. The Hall–Kier alpha value is -1.72. The molecule has 104 valence electrons. The summed E-state index contributed by atoms with van der Waals surface area (Å²) in [6, 6.07) is 3.11. The lowest BCUT2D eigenvalue weighted by atomic mass is 10.1. The number of carboxylic acids is 1. The van der Waals surface area contributed by atoms with E-state index in [9.17, 15) is 18.0 Å². The summed E-state index contributed by atoms with van der Waals surface area (Å²) in [5.41, 5.74) is -1.26. The second-order valence-corrected chi connectivity index (χ2v) is 5.23. The van der Waals surface area contributed by atoms with Crippen molar-refractivity contribution in [3.05, 3.63) is 29.3 Å². The van der Waals surface area contributed by atoms with Crippen molar-refractivity contribution in [1.82, 2.24) is 0 Å². The van der Waals surface area contributed by atoms with Crippen LogP contribution >= 0.6 is 0 Å². The molecule has 0 unspecified atom stereocenters. The van der Waals surface area contributed by atoms with Crippen molar-refractivity contribution in [2.45, 2.75) is 25.9 Å². The predicted octanol–water partition coefficient (Wildman–Crippen LogP) is 3.62. The number of hydrogen-bond donors (Lipinski definition) is 2. The van der Waals surface area contributed by atoms with Gasteiger partial charge in [-0.05, 0) is 36.5 Å². The normalized spacial score (nSPS) is 17.1. The van der Waals surface area contributed by atoms with E-state index in [-0.39, 0.29) is 5.41 Å². The van der Waals surface area contributed by atoms with Crippen molar-refractivity contribution in [3.8, 4) is 0 Å². The van der Waals surface area contributed by atoms with Gasteiger partial charge in [-0.2, -0.15) is 13.2 Å². The van der Waals surface area contributed by atoms with Crippen LogP contribution in [0, 0.1) is 5.41 Å². The molecule has 1 fully saturated rings. The molecule has 1 aliphatic rings. The molecule has 0 atom stereocenters. The van der Waals surface area contributed by atoms with Gasteiger partial charge in [-0.1, -0.05) is 6.92 Å². The Morgan fingerprint density at radius 1 is 1.42 bits per heavy atom. The van der Waals surface area contributed by atoms with E-state index in [1.165, 1.54) is 6.07 Å². The zero-order valence-corrected chi connectivity index (χ0v) is 10.3. The van der Waals surface area contributed by atoms with Gasteiger partial charge in [0.15, 0.2) is 0 Å². The molecule has 1 aromatic carbocycles. The average Bonchev–Trinajstić information content (AvgIpc) is 3.04. The van der Waals surface area contributed by atoms with Gasteiger partial charge in [0.05, 0.1) is 11.1 Å². The summed E-state index contributed by atoms with van der Waals surface area (Å²) < 4.78 is 37.9. The molecule has 0 amide bonds. The van der Waals surface area contributed by atoms with Gasteiger partial charge in [-0.25, -0.2) is 4.79 Å². The molecule has 2 N–H and O–H groups in total. The number of rotatable bonds is 4. The number of nitrogens with one attached hydrogen (secondary N) is 1. The smallest absolute Gasteiger partial charge is 0.417 e. The summed E-state index contributed by atoms with van der Waals surface area (Å²) in [5, 5.41) is 11.9. The standard InChI is InChI=1S/C13H14F3NO2/c1-12(4-5-12)7-17-8-2-3-10(13(14,15)16)9(6-8)11(18)19/h2-3,6,17H,4-5,7H2,1H3,(H,18,19). The minimum atomic E-state index is -4.66. The van der Waals surface area contributed by atoms with Crippen LogP contribution in [0.3, 0.4) is 0 Å². The number of benzene rings is 1. The van der Waals surface area contributed by atoms with E-state index >= 15 is 0 Å². The Morgan fingerprint density at radius 3 is 2.53 bits per heavy atom. The second-order valence-electron chi connectivity index (χ2n) is 5.23. The minimum absolute atomic E-state index is 0.187. The number of anilines is 1. The van der Waals surface area contributed by atoms with Gasteiger partial charge < -0.3 is 10.4 Å². The Kier molecular flexibility index (Phi) is 3.20. The lowest BCUT2D eigenvalue weighted by molar-refractivity contribution is -0.138. The zero-order valence-electron chi connectivity index (χ0n) is 10.3. The first-order valence-electron chi connectivity index (χ1n) is 5.90. The van der Waals surface area contributed by atoms with Crippen molar-refractivity contribution in [2.75, 3.05) is 11.9 Å². The molecule has 3 nitrogen and oxygen atoms in total. The first-order chi connectivity index (χ1) is 8.71. The van der Waals surface area contributed by atoms with Crippen LogP contribution in [0.1, 0.15) is 35.7 Å². The molecule has 6 heteroatoms. The number of carboxylic acid groups (broad SMARTS) is 1. The van der Waals surface area contributed by atoms with E-state index in [1.54, 1.807) is 0 Å². The molecule has 0 saturated heterocycles. The van der Waals surface area contributed by atoms with Crippen molar-refractivity contribution in [3.63, 3.8) is 0 Å². The first-order valence-corrected chi connectivity index (χ1v) is 5.90. The van der Waals surface area contributed by atoms with Crippen LogP contribution < -0.4 is 5.32 Å². The zero-order chi connectivity index (χ0) is 14.3. The molecule has 19 heavy (non-hydrogen) atoms. The van der Waals surface area contributed by atoms with E-state index in [2.05, 4.69) is 12.2 Å². The number of hydrogen-bond acceptors (Lipinski definition) is 2. The average molecular weight is 273 g/mol. The number of carbonyl (C=O) groups is 1. The summed E-state index contributed by atoms with van der Waals surface area (Å²) >= 11 is 0. The predicted molar refractivity (Wildman–Crippen MR) is 64.2 cm³/mol. The third-order valence-corrected chi connectivity index (χ3v) is 3.38. The second kappa shape index (κ2) is 4.43. The van der Waals surface area contributed by atoms with Gasteiger partial charge in [-0.3, -0.25) is 0 Å². The van der Waals surface area contributed by atoms with Gasteiger partial charge in [0, 0.05) is 12.2 Å². The highest BCUT2D eigenvalue weighted by atomic mass is 19.4. The fourth-order valence-corrected chi connectivity index (χ4v) is 1.78. The largest absolute Gasteiger partial charge is 0.478 e. The number of alkyl halides is 3. The molecule has 1 saturated carbocycles. The molecular weight excluding hydrogens is 259 g/mol.